The van der Waals surface area contributed by atoms with Gasteiger partial charge in [0.25, 0.3) is 5.56 Å². The van der Waals surface area contributed by atoms with Crippen LogP contribution in [-0.4, -0.2) is 9.97 Å². The Morgan fingerprint density at radius 1 is 1.22 bits per heavy atom. The lowest BCUT2D eigenvalue weighted by Gasteiger charge is -2.08. The third-order valence-corrected chi connectivity index (χ3v) is 5.26. The van der Waals surface area contributed by atoms with Crippen molar-refractivity contribution in [1.82, 2.24) is 9.97 Å². The molecule has 0 radical (unpaired) electrons. The van der Waals surface area contributed by atoms with E-state index >= 15 is 0 Å². The van der Waals surface area contributed by atoms with Crippen LogP contribution in [0.5, 0.6) is 0 Å². The number of halogens is 2. The molecule has 0 aliphatic rings. The van der Waals surface area contributed by atoms with Crippen LogP contribution in [0.4, 0.5) is 0 Å². The molecule has 94 valence electrons. The van der Waals surface area contributed by atoms with E-state index in [4.69, 9.17) is 0 Å². The highest BCUT2D eigenvalue weighted by molar-refractivity contribution is 14.1. The number of nitrogens with zero attached hydrogens (tertiary/aromatic N) is 1. The molecule has 5 heteroatoms. The van der Waals surface area contributed by atoms with Gasteiger partial charge < -0.3 is 4.98 Å². The van der Waals surface area contributed by atoms with Gasteiger partial charge in [-0.15, -0.1) is 0 Å². The number of aromatic nitrogens is 2. The van der Waals surface area contributed by atoms with E-state index in [1.807, 2.05) is 55.5 Å². The third kappa shape index (κ3) is 2.51. The highest BCUT2D eigenvalue weighted by Crippen LogP contribution is 2.26. The van der Waals surface area contributed by atoms with Crippen LogP contribution in [0.1, 0.15) is 16.8 Å². The van der Waals surface area contributed by atoms with Gasteiger partial charge in [-0.25, -0.2) is 4.98 Å². The quantitative estimate of drug-likeness (QED) is 0.717. The van der Waals surface area contributed by atoms with Crippen LogP contribution in [0.25, 0.3) is 11.4 Å². The number of benzene rings is 1. The van der Waals surface area contributed by atoms with E-state index in [1.165, 1.54) is 0 Å². The van der Waals surface area contributed by atoms with Gasteiger partial charge in [-0.05, 0) is 66.6 Å². The summed E-state index contributed by atoms with van der Waals surface area (Å²) in [6.07, 6.45) is 0. The van der Waals surface area contributed by atoms with Crippen molar-refractivity contribution < 1.29 is 0 Å². The molecule has 18 heavy (non-hydrogen) atoms. The molecule has 2 aromatic rings. The first-order chi connectivity index (χ1) is 8.40. The molecule has 0 amide bonds. The molecule has 0 saturated heterocycles. The molecule has 1 N–H and O–H groups in total. The molecule has 1 aromatic heterocycles. The molecule has 0 unspecified atom stereocenters. The number of nitrogens with one attached hydrogen (secondary N) is 1. The molecule has 0 aliphatic carbocycles. The van der Waals surface area contributed by atoms with E-state index in [-0.39, 0.29) is 5.56 Å². The second-order valence-corrected chi connectivity index (χ2v) is 6.11. The van der Waals surface area contributed by atoms with Crippen molar-refractivity contribution in [1.29, 1.82) is 0 Å². The van der Waals surface area contributed by atoms with Crippen molar-refractivity contribution in [3.63, 3.8) is 0 Å². The third-order valence-electron chi connectivity index (χ3n) is 2.74. The van der Waals surface area contributed by atoms with E-state index in [0.717, 1.165) is 26.9 Å². The first-order valence-electron chi connectivity index (χ1n) is 5.43. The van der Waals surface area contributed by atoms with Crippen LogP contribution in [0.2, 0.25) is 0 Å². The first-order valence-corrected chi connectivity index (χ1v) is 7.31. The maximum absolute atomic E-state index is 11.8. The Bertz CT molecular complexity index is 656. The van der Waals surface area contributed by atoms with Crippen LogP contribution in [0.15, 0.2) is 21.4 Å². The van der Waals surface area contributed by atoms with E-state index in [1.54, 1.807) is 0 Å². The van der Waals surface area contributed by atoms with Crippen LogP contribution >= 0.6 is 38.5 Å². The SMILES string of the molecule is Cc1cc(-c2nc(C)c(I)c(=O)[nH]2)cc(C)c1Br. The molecule has 0 saturated carbocycles. The van der Waals surface area contributed by atoms with Gasteiger partial charge in [0, 0.05) is 10.0 Å². The molecule has 1 heterocycles. The predicted molar refractivity (Wildman–Crippen MR) is 84.9 cm³/mol. The second kappa shape index (κ2) is 5.13. The Labute approximate surface area is 127 Å². The van der Waals surface area contributed by atoms with Crippen LogP contribution in [-0.2, 0) is 0 Å². The molecular weight excluding hydrogens is 407 g/mol. The average molecular weight is 419 g/mol. The minimum atomic E-state index is -0.0867. The summed E-state index contributed by atoms with van der Waals surface area (Å²) < 4.78 is 1.73. The van der Waals surface area contributed by atoms with E-state index in [0.29, 0.717) is 9.39 Å². The molecule has 2 rings (SSSR count). The monoisotopic (exact) mass is 418 g/mol. The fourth-order valence-electron chi connectivity index (χ4n) is 1.79. The summed E-state index contributed by atoms with van der Waals surface area (Å²) in [7, 11) is 0. The number of aromatic amines is 1. The summed E-state index contributed by atoms with van der Waals surface area (Å²) in [6.45, 7) is 5.90. The summed E-state index contributed by atoms with van der Waals surface area (Å²) in [5.74, 6) is 0.622. The molecule has 0 fully saturated rings. The molecule has 0 atom stereocenters. The molecule has 1 aromatic carbocycles. The Balaban J connectivity index is 2.66. The highest BCUT2D eigenvalue weighted by atomic mass is 127. The van der Waals surface area contributed by atoms with Gasteiger partial charge in [-0.1, -0.05) is 15.9 Å². The van der Waals surface area contributed by atoms with E-state index in [9.17, 15) is 4.79 Å². The lowest BCUT2D eigenvalue weighted by atomic mass is 10.1. The maximum Gasteiger partial charge on any atom is 0.264 e. The van der Waals surface area contributed by atoms with Gasteiger partial charge >= 0.3 is 0 Å². The Morgan fingerprint density at radius 3 is 2.28 bits per heavy atom. The fourth-order valence-corrected chi connectivity index (χ4v) is 2.28. The summed E-state index contributed by atoms with van der Waals surface area (Å²) in [5.41, 5.74) is 3.86. The number of rotatable bonds is 1. The molecule has 0 spiro atoms. The average Bonchev–Trinajstić information content (AvgIpc) is 2.31. The van der Waals surface area contributed by atoms with Gasteiger partial charge in [0.1, 0.15) is 5.82 Å². The van der Waals surface area contributed by atoms with Crippen molar-refractivity contribution in [3.05, 3.63) is 47.4 Å². The summed E-state index contributed by atoms with van der Waals surface area (Å²) in [4.78, 5) is 19.0. The van der Waals surface area contributed by atoms with Crippen LogP contribution in [0.3, 0.4) is 0 Å². The van der Waals surface area contributed by atoms with Crippen molar-refractivity contribution >= 4 is 38.5 Å². The smallest absolute Gasteiger partial charge is 0.264 e. The van der Waals surface area contributed by atoms with Crippen LogP contribution < -0.4 is 5.56 Å². The summed E-state index contributed by atoms with van der Waals surface area (Å²) >= 11 is 5.54. The summed E-state index contributed by atoms with van der Waals surface area (Å²) in [5, 5.41) is 0. The lowest BCUT2D eigenvalue weighted by Crippen LogP contribution is -2.14. The molecule has 0 aliphatic heterocycles. The van der Waals surface area contributed by atoms with E-state index in [2.05, 4.69) is 25.9 Å². The number of aryl methyl sites for hydroxylation is 3. The topological polar surface area (TPSA) is 45.8 Å². The Kier molecular flexibility index (Phi) is 3.91. The fraction of sp³-hybridized carbons (Fsp3) is 0.231. The zero-order valence-electron chi connectivity index (χ0n) is 10.3. The van der Waals surface area contributed by atoms with Crippen molar-refractivity contribution in [2.24, 2.45) is 0 Å². The van der Waals surface area contributed by atoms with Gasteiger partial charge in [-0.3, -0.25) is 4.79 Å². The maximum atomic E-state index is 11.8. The van der Waals surface area contributed by atoms with Crippen LogP contribution in [0, 0.1) is 24.3 Å². The minimum Gasteiger partial charge on any atom is -0.306 e. The summed E-state index contributed by atoms with van der Waals surface area (Å²) in [6, 6.07) is 4.03. The predicted octanol–water partition coefficient (Wildman–Crippen LogP) is 3.73. The highest BCUT2D eigenvalue weighted by Gasteiger charge is 2.09. The Hall–Kier alpha value is -0.690. The van der Waals surface area contributed by atoms with E-state index < -0.39 is 0 Å². The first kappa shape index (κ1) is 13.7. The number of H-pyrrole nitrogens is 1. The molecule has 0 bridgehead atoms. The number of hydrogen-bond donors (Lipinski definition) is 1. The standard InChI is InChI=1S/C13H12BrIN2O/c1-6-4-9(5-7(2)10(6)14)12-16-8(3)11(15)13(18)17-12/h4-5H,1-3H3,(H,16,17,18). The largest absolute Gasteiger partial charge is 0.306 e. The zero-order valence-corrected chi connectivity index (χ0v) is 14.0. The lowest BCUT2D eigenvalue weighted by molar-refractivity contribution is 1.05. The minimum absolute atomic E-state index is 0.0867. The molecular formula is C13H12BrIN2O. The zero-order chi connectivity index (χ0) is 13.4. The van der Waals surface area contributed by atoms with Gasteiger partial charge in [0.15, 0.2) is 0 Å². The van der Waals surface area contributed by atoms with Crippen molar-refractivity contribution in [3.8, 4) is 11.4 Å². The van der Waals surface area contributed by atoms with Gasteiger partial charge in [0.05, 0.1) is 9.26 Å². The second-order valence-electron chi connectivity index (χ2n) is 4.24. The van der Waals surface area contributed by atoms with Gasteiger partial charge in [-0.2, -0.15) is 0 Å². The van der Waals surface area contributed by atoms with Crippen molar-refractivity contribution in [2.75, 3.05) is 0 Å². The van der Waals surface area contributed by atoms with Gasteiger partial charge in [0.2, 0.25) is 0 Å². The number of hydrogen-bond acceptors (Lipinski definition) is 2. The molecule has 3 nitrogen and oxygen atoms in total. The normalized spacial score (nSPS) is 10.7. The van der Waals surface area contributed by atoms with Crippen molar-refractivity contribution in [2.45, 2.75) is 20.8 Å². The Morgan fingerprint density at radius 2 is 1.78 bits per heavy atom.